The van der Waals surface area contributed by atoms with Crippen LogP contribution in [0.15, 0.2) is 12.2 Å². The number of hydrogen-bond donors (Lipinski definition) is 0. The monoisotopic (exact) mass is 342 g/mol. The first-order chi connectivity index (χ1) is 11.2. The summed E-state index contributed by atoms with van der Waals surface area (Å²) in [6.07, 6.45) is 20.4. The second-order valence-electron chi connectivity index (χ2n) is 6.94. The Hall–Kier alpha value is 0.130. The molecular weight excluding hydrogens is 299 g/mol. The van der Waals surface area contributed by atoms with Crippen LogP contribution in [0.2, 0.25) is 0 Å². The average molecular weight is 343 g/mol. The second-order valence-corrected chi connectivity index (χ2v) is 7.55. The summed E-state index contributed by atoms with van der Waals surface area (Å²) in [6, 6.07) is 0. The summed E-state index contributed by atoms with van der Waals surface area (Å²) in [5.41, 5.74) is 1.21. The van der Waals surface area contributed by atoms with Gasteiger partial charge in [-0.25, -0.2) is 0 Å². The maximum Gasteiger partial charge on any atom is 0.0913 e. The Balaban J connectivity index is 3.14. The van der Waals surface area contributed by atoms with Crippen LogP contribution in [0, 0.1) is 0 Å². The number of rotatable bonds is 18. The molecule has 2 atom stereocenters. The minimum atomic E-state index is 0.160. The smallest absolute Gasteiger partial charge is 0.0913 e. The standard InChI is InChI=1S/C21H43OP/c1-4-6-7-8-9-10-11-12-13-14-15-16-17-19-22-21(23)20(3)18-5-2/h21H,3-19,23H2,1-2H3. The quantitative estimate of drug-likeness (QED) is 0.141. The molecular formula is C21H43OP. The summed E-state index contributed by atoms with van der Waals surface area (Å²) in [7, 11) is 2.77. The summed E-state index contributed by atoms with van der Waals surface area (Å²) in [5, 5.41) is 0. The highest BCUT2D eigenvalue weighted by atomic mass is 31.0. The molecule has 0 aliphatic heterocycles. The molecule has 0 spiro atoms. The molecule has 0 radical (unpaired) electrons. The summed E-state index contributed by atoms with van der Waals surface area (Å²) in [4.78, 5) is 0. The maximum absolute atomic E-state index is 5.82. The van der Waals surface area contributed by atoms with Crippen LogP contribution in [0.3, 0.4) is 0 Å². The first-order valence-electron chi connectivity index (χ1n) is 10.3. The van der Waals surface area contributed by atoms with Crippen molar-refractivity contribution in [3.8, 4) is 0 Å². The molecule has 0 aliphatic carbocycles. The molecule has 0 saturated carbocycles. The minimum absolute atomic E-state index is 0.160. The zero-order chi connectivity index (χ0) is 17.2. The van der Waals surface area contributed by atoms with Crippen molar-refractivity contribution >= 4 is 9.24 Å². The summed E-state index contributed by atoms with van der Waals surface area (Å²) >= 11 is 0. The first-order valence-corrected chi connectivity index (χ1v) is 10.9. The van der Waals surface area contributed by atoms with E-state index in [4.69, 9.17) is 4.74 Å². The lowest BCUT2D eigenvalue weighted by molar-refractivity contribution is 0.126. The molecule has 2 heteroatoms. The largest absolute Gasteiger partial charge is 0.370 e. The van der Waals surface area contributed by atoms with E-state index in [-0.39, 0.29) is 5.85 Å². The molecule has 0 fully saturated rings. The third kappa shape index (κ3) is 16.8. The molecule has 2 unspecified atom stereocenters. The van der Waals surface area contributed by atoms with Crippen LogP contribution in [-0.2, 0) is 4.74 Å². The fourth-order valence-electron chi connectivity index (χ4n) is 2.91. The highest BCUT2D eigenvalue weighted by Crippen LogP contribution is 2.18. The Morgan fingerprint density at radius 1 is 0.739 bits per heavy atom. The van der Waals surface area contributed by atoms with Crippen LogP contribution in [0.4, 0.5) is 0 Å². The lowest BCUT2D eigenvalue weighted by Crippen LogP contribution is -2.08. The molecule has 1 nitrogen and oxygen atoms in total. The predicted octanol–water partition coefficient (Wildman–Crippen LogP) is 7.65. The Morgan fingerprint density at radius 3 is 1.61 bits per heavy atom. The molecule has 0 heterocycles. The molecule has 0 aromatic heterocycles. The molecule has 0 N–H and O–H groups in total. The van der Waals surface area contributed by atoms with E-state index in [0.29, 0.717) is 0 Å². The van der Waals surface area contributed by atoms with Gasteiger partial charge in [-0.3, -0.25) is 0 Å². The fraction of sp³-hybridized carbons (Fsp3) is 0.905. The molecule has 0 amide bonds. The van der Waals surface area contributed by atoms with Gasteiger partial charge in [0.1, 0.15) is 0 Å². The van der Waals surface area contributed by atoms with Crippen LogP contribution in [0.1, 0.15) is 110 Å². The minimum Gasteiger partial charge on any atom is -0.370 e. The highest BCUT2D eigenvalue weighted by Gasteiger charge is 2.05. The Morgan fingerprint density at radius 2 is 1.17 bits per heavy atom. The summed E-state index contributed by atoms with van der Waals surface area (Å²) in [6.45, 7) is 9.44. The van der Waals surface area contributed by atoms with Crippen molar-refractivity contribution in [1.29, 1.82) is 0 Å². The molecule has 0 aromatic rings. The Labute approximate surface area is 149 Å². The molecule has 0 rings (SSSR count). The zero-order valence-electron chi connectivity index (χ0n) is 16.1. The van der Waals surface area contributed by atoms with Crippen molar-refractivity contribution in [3.63, 3.8) is 0 Å². The van der Waals surface area contributed by atoms with Gasteiger partial charge in [-0.15, -0.1) is 9.24 Å². The van der Waals surface area contributed by atoms with Gasteiger partial charge < -0.3 is 4.74 Å². The van der Waals surface area contributed by atoms with Crippen LogP contribution >= 0.6 is 9.24 Å². The van der Waals surface area contributed by atoms with E-state index < -0.39 is 0 Å². The first kappa shape index (κ1) is 23.1. The van der Waals surface area contributed by atoms with E-state index in [9.17, 15) is 0 Å². The van der Waals surface area contributed by atoms with Crippen molar-refractivity contribution in [3.05, 3.63) is 12.2 Å². The molecule has 0 aliphatic rings. The molecule has 138 valence electrons. The van der Waals surface area contributed by atoms with Gasteiger partial charge in [0.25, 0.3) is 0 Å². The van der Waals surface area contributed by atoms with Crippen LogP contribution in [-0.4, -0.2) is 12.5 Å². The number of hydrogen-bond acceptors (Lipinski definition) is 1. The lowest BCUT2D eigenvalue weighted by Gasteiger charge is -2.15. The number of unbranched alkanes of at least 4 members (excludes halogenated alkanes) is 12. The van der Waals surface area contributed by atoms with E-state index >= 15 is 0 Å². The second kappa shape index (κ2) is 18.5. The van der Waals surface area contributed by atoms with Gasteiger partial charge in [0.2, 0.25) is 0 Å². The normalized spacial score (nSPS) is 12.5. The SMILES string of the molecule is C=C(CCC)C(P)OCCCCCCCCCCCCCCC. The van der Waals surface area contributed by atoms with Crippen molar-refractivity contribution in [2.75, 3.05) is 6.61 Å². The van der Waals surface area contributed by atoms with Crippen molar-refractivity contribution in [2.24, 2.45) is 0 Å². The van der Waals surface area contributed by atoms with Gasteiger partial charge in [0.05, 0.1) is 5.85 Å². The molecule has 0 aromatic carbocycles. The van der Waals surface area contributed by atoms with E-state index in [1.807, 2.05) is 0 Å². The van der Waals surface area contributed by atoms with Crippen molar-refractivity contribution < 1.29 is 4.74 Å². The van der Waals surface area contributed by atoms with Crippen LogP contribution < -0.4 is 0 Å². The average Bonchev–Trinajstić information content (AvgIpc) is 2.55. The topological polar surface area (TPSA) is 9.23 Å². The predicted molar refractivity (Wildman–Crippen MR) is 109 cm³/mol. The van der Waals surface area contributed by atoms with Gasteiger partial charge >= 0.3 is 0 Å². The van der Waals surface area contributed by atoms with Crippen molar-refractivity contribution in [2.45, 2.75) is 116 Å². The van der Waals surface area contributed by atoms with E-state index in [1.165, 1.54) is 89.0 Å². The molecule has 0 bridgehead atoms. The maximum atomic E-state index is 5.82. The zero-order valence-corrected chi connectivity index (χ0v) is 17.2. The van der Waals surface area contributed by atoms with Gasteiger partial charge in [0, 0.05) is 6.61 Å². The molecule has 23 heavy (non-hydrogen) atoms. The number of ether oxygens (including phenoxy) is 1. The van der Waals surface area contributed by atoms with Gasteiger partial charge in [0.15, 0.2) is 0 Å². The lowest BCUT2D eigenvalue weighted by atomic mass is 10.0. The van der Waals surface area contributed by atoms with Crippen molar-refractivity contribution in [1.82, 2.24) is 0 Å². The summed E-state index contributed by atoms with van der Waals surface area (Å²) in [5.74, 6) is 0.160. The van der Waals surface area contributed by atoms with Gasteiger partial charge in [-0.1, -0.05) is 104 Å². The Bertz CT molecular complexity index is 252. The van der Waals surface area contributed by atoms with Gasteiger partial charge in [-0.2, -0.15) is 0 Å². The summed E-state index contributed by atoms with van der Waals surface area (Å²) < 4.78 is 5.82. The van der Waals surface area contributed by atoms with Crippen LogP contribution in [0.5, 0.6) is 0 Å². The fourth-order valence-corrected chi connectivity index (χ4v) is 3.21. The molecule has 0 saturated heterocycles. The third-order valence-electron chi connectivity index (χ3n) is 4.52. The van der Waals surface area contributed by atoms with Gasteiger partial charge in [-0.05, 0) is 18.4 Å². The van der Waals surface area contributed by atoms with E-state index in [0.717, 1.165) is 19.4 Å². The third-order valence-corrected chi connectivity index (χ3v) is 5.18. The van der Waals surface area contributed by atoms with Crippen LogP contribution in [0.25, 0.3) is 0 Å². The highest BCUT2D eigenvalue weighted by molar-refractivity contribution is 7.17. The van der Waals surface area contributed by atoms with E-state index in [2.05, 4.69) is 29.7 Å². The van der Waals surface area contributed by atoms with E-state index in [1.54, 1.807) is 0 Å². The Kier molecular flexibility index (Phi) is 18.6.